The third kappa shape index (κ3) is 2.94. The summed E-state index contributed by atoms with van der Waals surface area (Å²) < 4.78 is 2.35. The van der Waals surface area contributed by atoms with Gasteiger partial charge in [0.15, 0.2) is 0 Å². The monoisotopic (exact) mass is 441 g/mol. The van der Waals surface area contributed by atoms with Crippen LogP contribution < -0.4 is 4.90 Å². The minimum atomic E-state index is -0.107. The number of nitrogens with zero attached hydrogens (tertiary/aromatic N) is 3. The summed E-state index contributed by atoms with van der Waals surface area (Å²) in [6.45, 7) is 9.68. The summed E-state index contributed by atoms with van der Waals surface area (Å²) in [5.41, 5.74) is 8.17. The molecule has 0 saturated carbocycles. The van der Waals surface area contributed by atoms with Crippen molar-refractivity contribution in [1.82, 2.24) is 4.57 Å². The number of para-hydroxylation sites is 2. The Bertz CT molecular complexity index is 1510. The molecule has 166 valence electrons. The van der Waals surface area contributed by atoms with E-state index in [1.54, 1.807) is 0 Å². The molecular weight excluding hydrogens is 414 g/mol. The third-order valence-corrected chi connectivity index (χ3v) is 6.93. The van der Waals surface area contributed by atoms with E-state index in [9.17, 15) is 0 Å². The van der Waals surface area contributed by atoms with Gasteiger partial charge in [-0.05, 0) is 35.4 Å². The summed E-state index contributed by atoms with van der Waals surface area (Å²) in [5, 5.41) is 1.27. The maximum absolute atomic E-state index is 5.16. The van der Waals surface area contributed by atoms with Gasteiger partial charge in [-0.15, -0.1) is 0 Å². The molecule has 0 amide bonds. The van der Waals surface area contributed by atoms with Gasteiger partial charge < -0.3 is 0 Å². The lowest BCUT2D eigenvalue weighted by molar-refractivity contribution is 0.666. The molecule has 0 spiro atoms. The molecule has 1 aliphatic carbocycles. The molecule has 0 atom stereocenters. The molecule has 3 heteroatoms. The number of allylic oxidation sites excluding steroid dienone is 3. The van der Waals surface area contributed by atoms with Crippen LogP contribution in [0.1, 0.15) is 25.0 Å². The number of benzene rings is 3. The molecule has 6 rings (SSSR count). The van der Waals surface area contributed by atoms with Gasteiger partial charge in [0.05, 0.1) is 17.8 Å². The lowest BCUT2D eigenvalue weighted by Crippen LogP contribution is -2.35. The Balaban J connectivity index is 1.72. The average Bonchev–Trinajstić information content (AvgIpc) is 3.34. The van der Waals surface area contributed by atoms with Crippen molar-refractivity contribution in [2.75, 3.05) is 11.4 Å². The van der Waals surface area contributed by atoms with Crippen LogP contribution in [0.15, 0.2) is 120 Å². The van der Waals surface area contributed by atoms with E-state index in [-0.39, 0.29) is 5.41 Å². The molecular formula is C31H27N3. The zero-order valence-electron chi connectivity index (χ0n) is 19.6. The summed E-state index contributed by atoms with van der Waals surface area (Å²) in [6.07, 6.45) is 8.21. The van der Waals surface area contributed by atoms with Crippen LogP contribution in [-0.4, -0.2) is 17.1 Å². The van der Waals surface area contributed by atoms with E-state index in [2.05, 4.69) is 109 Å². The van der Waals surface area contributed by atoms with Crippen LogP contribution in [0.25, 0.3) is 22.2 Å². The Morgan fingerprint density at radius 1 is 0.853 bits per heavy atom. The van der Waals surface area contributed by atoms with Crippen LogP contribution in [-0.2, 0) is 5.41 Å². The first-order chi connectivity index (χ1) is 16.6. The van der Waals surface area contributed by atoms with Crippen molar-refractivity contribution in [3.63, 3.8) is 0 Å². The first kappa shape index (κ1) is 20.5. The molecule has 0 bridgehead atoms. The van der Waals surface area contributed by atoms with Crippen molar-refractivity contribution in [2.45, 2.75) is 19.3 Å². The van der Waals surface area contributed by atoms with Crippen LogP contribution in [0, 0.1) is 0 Å². The Morgan fingerprint density at radius 3 is 2.44 bits per heavy atom. The molecule has 4 aromatic rings. The minimum absolute atomic E-state index is 0.107. The molecule has 2 heterocycles. The highest BCUT2D eigenvalue weighted by atomic mass is 15.3. The van der Waals surface area contributed by atoms with Gasteiger partial charge in [0.25, 0.3) is 0 Å². The smallest absolute Gasteiger partial charge is 0.215 e. The summed E-state index contributed by atoms with van der Waals surface area (Å²) in [4.78, 5) is 7.33. The highest BCUT2D eigenvalue weighted by molar-refractivity contribution is 6.11. The van der Waals surface area contributed by atoms with Crippen molar-refractivity contribution in [1.29, 1.82) is 0 Å². The van der Waals surface area contributed by atoms with Gasteiger partial charge >= 0.3 is 0 Å². The van der Waals surface area contributed by atoms with E-state index in [0.717, 1.165) is 22.9 Å². The largest absolute Gasteiger partial charge is 0.281 e. The second kappa shape index (κ2) is 7.74. The van der Waals surface area contributed by atoms with Crippen molar-refractivity contribution in [3.05, 3.63) is 127 Å². The van der Waals surface area contributed by atoms with Gasteiger partial charge in [-0.25, -0.2) is 4.99 Å². The Hall–Kier alpha value is -4.11. The fraction of sp³-hybridized carbons (Fsp3) is 0.129. The summed E-state index contributed by atoms with van der Waals surface area (Å²) >= 11 is 0. The number of aromatic nitrogens is 1. The lowest BCUT2D eigenvalue weighted by atomic mass is 9.81. The molecule has 0 radical (unpaired) electrons. The van der Waals surface area contributed by atoms with E-state index in [1.165, 1.54) is 27.8 Å². The SMILES string of the molecule is C=C1/C=C\C=C/CN=C(n2c3c(c4ccccc42)C(C)(C)c2ccccc2-3)N1c1ccccc1. The van der Waals surface area contributed by atoms with Crippen molar-refractivity contribution in [2.24, 2.45) is 4.99 Å². The molecule has 3 nitrogen and oxygen atoms in total. The van der Waals surface area contributed by atoms with Crippen LogP contribution in [0.2, 0.25) is 0 Å². The van der Waals surface area contributed by atoms with Crippen LogP contribution in [0.3, 0.4) is 0 Å². The summed E-state index contributed by atoms with van der Waals surface area (Å²) in [5.74, 6) is 0.859. The highest BCUT2D eigenvalue weighted by Gasteiger charge is 2.41. The third-order valence-electron chi connectivity index (χ3n) is 6.93. The Labute approximate surface area is 200 Å². The Kier molecular flexibility index (Phi) is 4.66. The van der Waals surface area contributed by atoms with Crippen molar-refractivity contribution in [3.8, 4) is 11.3 Å². The van der Waals surface area contributed by atoms with Crippen molar-refractivity contribution >= 4 is 22.5 Å². The molecule has 0 unspecified atom stereocenters. The van der Waals surface area contributed by atoms with E-state index >= 15 is 0 Å². The quantitative estimate of drug-likeness (QED) is 0.304. The normalized spacial score (nSPS) is 18.5. The predicted octanol–water partition coefficient (Wildman–Crippen LogP) is 7.30. The van der Waals surface area contributed by atoms with Crippen LogP contribution in [0.4, 0.5) is 5.69 Å². The maximum Gasteiger partial charge on any atom is 0.215 e. The minimum Gasteiger partial charge on any atom is -0.281 e. The fourth-order valence-corrected chi connectivity index (χ4v) is 5.45. The number of aliphatic imine (C=N–C) groups is 1. The first-order valence-corrected chi connectivity index (χ1v) is 11.7. The van der Waals surface area contributed by atoms with Gasteiger partial charge in [-0.3, -0.25) is 9.47 Å². The molecule has 1 aliphatic heterocycles. The molecule has 0 N–H and O–H groups in total. The summed E-state index contributed by atoms with van der Waals surface area (Å²) in [6, 6.07) is 27.9. The topological polar surface area (TPSA) is 20.5 Å². The van der Waals surface area contributed by atoms with E-state index in [0.29, 0.717) is 6.54 Å². The number of anilines is 1. The van der Waals surface area contributed by atoms with E-state index in [4.69, 9.17) is 4.99 Å². The van der Waals surface area contributed by atoms with Gasteiger partial charge in [0.1, 0.15) is 0 Å². The molecule has 0 saturated heterocycles. The van der Waals surface area contributed by atoms with Gasteiger partial charge in [0.2, 0.25) is 5.96 Å². The van der Waals surface area contributed by atoms with Crippen LogP contribution in [0.5, 0.6) is 0 Å². The molecule has 34 heavy (non-hydrogen) atoms. The van der Waals surface area contributed by atoms with Crippen molar-refractivity contribution < 1.29 is 0 Å². The first-order valence-electron chi connectivity index (χ1n) is 11.7. The molecule has 0 fully saturated rings. The lowest BCUT2D eigenvalue weighted by Gasteiger charge is -2.28. The zero-order chi connectivity index (χ0) is 23.3. The standard InChI is InChI=1S/C31H27N3/c1-22-14-6-5-13-21-32-30(33(22)23-15-7-4-8-16-23)34-27-20-12-10-18-25(27)28-29(34)24-17-9-11-19-26(24)31(28,2)3/h4-20H,1,21H2,2-3H3/b13-5-,14-6-,32-30?. The van der Waals surface area contributed by atoms with Gasteiger partial charge in [-0.1, -0.05) is 99.3 Å². The number of hydrogen-bond acceptors (Lipinski definition) is 2. The number of hydrogen-bond donors (Lipinski definition) is 0. The maximum atomic E-state index is 5.16. The van der Waals surface area contributed by atoms with E-state index < -0.39 is 0 Å². The zero-order valence-corrected chi connectivity index (χ0v) is 19.6. The van der Waals surface area contributed by atoms with Crippen LogP contribution >= 0.6 is 0 Å². The molecule has 3 aromatic carbocycles. The van der Waals surface area contributed by atoms with Gasteiger partial charge in [0, 0.05) is 27.7 Å². The second-order valence-electron chi connectivity index (χ2n) is 9.34. The predicted molar refractivity (Wildman–Crippen MR) is 144 cm³/mol. The van der Waals surface area contributed by atoms with E-state index in [1.807, 2.05) is 24.3 Å². The Morgan fingerprint density at radius 2 is 1.59 bits per heavy atom. The highest BCUT2D eigenvalue weighted by Crippen LogP contribution is 2.52. The molecule has 1 aromatic heterocycles. The van der Waals surface area contributed by atoms with Gasteiger partial charge in [-0.2, -0.15) is 0 Å². The summed E-state index contributed by atoms with van der Waals surface area (Å²) in [7, 11) is 0. The second-order valence-corrected chi connectivity index (χ2v) is 9.34. The molecule has 2 aliphatic rings. The fourth-order valence-electron chi connectivity index (χ4n) is 5.45. The average molecular weight is 442 g/mol. The number of rotatable bonds is 1. The number of fused-ring (bicyclic) bond motifs is 5.